The number of methoxy groups -OCH3 is 2. The summed E-state index contributed by atoms with van der Waals surface area (Å²) in [7, 11) is 5.18. The molecule has 1 N–H and O–H groups in total. The summed E-state index contributed by atoms with van der Waals surface area (Å²) < 4.78 is 16.5. The van der Waals surface area contributed by atoms with Gasteiger partial charge in [0.1, 0.15) is 0 Å². The molecule has 1 aliphatic carbocycles. The Labute approximate surface area is 150 Å². The van der Waals surface area contributed by atoms with Crippen LogP contribution in [0.5, 0.6) is 11.5 Å². The highest BCUT2D eigenvalue weighted by molar-refractivity contribution is 5.80. The Morgan fingerprint density at radius 2 is 1.92 bits per heavy atom. The molecule has 0 aromatic heterocycles. The lowest BCUT2D eigenvalue weighted by Crippen LogP contribution is -2.45. The van der Waals surface area contributed by atoms with E-state index in [1.165, 1.54) is 24.0 Å². The van der Waals surface area contributed by atoms with Crippen LogP contribution in [0.2, 0.25) is 0 Å². The molecule has 0 unspecified atom stereocenters. The molecular weight excluding hydrogens is 318 g/mol. The van der Waals surface area contributed by atoms with E-state index in [0.29, 0.717) is 0 Å². The predicted octanol–water partition coefficient (Wildman–Crippen LogP) is 2.06. The summed E-state index contributed by atoms with van der Waals surface area (Å²) in [5.41, 5.74) is 2.58. The summed E-state index contributed by atoms with van der Waals surface area (Å²) in [5.74, 6) is 3.31. The van der Waals surface area contributed by atoms with E-state index < -0.39 is 0 Å². The van der Waals surface area contributed by atoms with Crippen LogP contribution in [0.1, 0.15) is 24.0 Å². The predicted molar refractivity (Wildman–Crippen MR) is 98.6 cm³/mol. The number of fused-ring (bicyclic) bond motifs is 1. The van der Waals surface area contributed by atoms with Gasteiger partial charge in [0.25, 0.3) is 0 Å². The molecule has 0 spiro atoms. The van der Waals surface area contributed by atoms with E-state index in [1.807, 2.05) is 7.05 Å². The quantitative estimate of drug-likeness (QED) is 0.465. The smallest absolute Gasteiger partial charge is 0.194 e. The number of rotatable bonds is 7. The normalized spacial score (nSPS) is 17.2. The van der Waals surface area contributed by atoms with Gasteiger partial charge in [0.05, 0.1) is 20.8 Å². The molecule has 0 radical (unpaired) electrons. The van der Waals surface area contributed by atoms with Crippen LogP contribution in [0, 0.1) is 5.92 Å². The van der Waals surface area contributed by atoms with Crippen LogP contribution in [0.15, 0.2) is 17.1 Å². The first-order valence-electron chi connectivity index (χ1n) is 9.02. The van der Waals surface area contributed by atoms with E-state index in [4.69, 9.17) is 14.2 Å². The summed E-state index contributed by atoms with van der Waals surface area (Å²) in [5, 5.41) is 3.41. The van der Waals surface area contributed by atoms with Crippen LogP contribution in [-0.4, -0.2) is 58.4 Å². The van der Waals surface area contributed by atoms with E-state index in [0.717, 1.165) is 62.6 Å². The highest BCUT2D eigenvalue weighted by atomic mass is 16.5. The summed E-state index contributed by atoms with van der Waals surface area (Å²) in [6.07, 6.45) is 3.63. The molecule has 25 heavy (non-hydrogen) atoms. The molecular formula is C19H29N3O3. The Balaban J connectivity index is 1.56. The third-order valence-corrected chi connectivity index (χ3v) is 4.81. The first-order chi connectivity index (χ1) is 12.2. The Morgan fingerprint density at radius 1 is 1.20 bits per heavy atom. The monoisotopic (exact) mass is 347 g/mol. The molecule has 138 valence electrons. The van der Waals surface area contributed by atoms with E-state index in [1.54, 1.807) is 14.2 Å². The zero-order chi connectivity index (χ0) is 17.6. The van der Waals surface area contributed by atoms with Gasteiger partial charge in [-0.2, -0.15) is 0 Å². The number of benzene rings is 1. The minimum Gasteiger partial charge on any atom is -0.493 e. The van der Waals surface area contributed by atoms with Crippen LogP contribution in [0.25, 0.3) is 0 Å². The molecule has 1 aromatic rings. The van der Waals surface area contributed by atoms with Crippen molar-refractivity contribution in [2.75, 3.05) is 47.6 Å². The third-order valence-electron chi connectivity index (χ3n) is 4.81. The van der Waals surface area contributed by atoms with E-state index in [2.05, 4.69) is 27.3 Å². The van der Waals surface area contributed by atoms with Crippen LogP contribution in [0.3, 0.4) is 0 Å². The molecule has 0 amide bonds. The van der Waals surface area contributed by atoms with Gasteiger partial charge in [0, 0.05) is 33.3 Å². The minimum absolute atomic E-state index is 0.727. The lowest BCUT2D eigenvalue weighted by molar-refractivity contribution is 0.128. The van der Waals surface area contributed by atoms with Gasteiger partial charge >= 0.3 is 0 Å². The van der Waals surface area contributed by atoms with Gasteiger partial charge in [0.2, 0.25) is 0 Å². The average Bonchev–Trinajstić information content (AvgIpc) is 3.47. The fourth-order valence-corrected chi connectivity index (χ4v) is 3.17. The summed E-state index contributed by atoms with van der Waals surface area (Å²) in [4.78, 5) is 6.70. The van der Waals surface area contributed by atoms with Gasteiger partial charge in [0.15, 0.2) is 17.5 Å². The molecule has 1 heterocycles. The van der Waals surface area contributed by atoms with Crippen molar-refractivity contribution in [3.05, 3.63) is 23.3 Å². The fourth-order valence-electron chi connectivity index (χ4n) is 3.17. The van der Waals surface area contributed by atoms with Crippen LogP contribution >= 0.6 is 0 Å². The summed E-state index contributed by atoms with van der Waals surface area (Å²) >= 11 is 0. The molecule has 3 rings (SSSR count). The lowest BCUT2D eigenvalue weighted by atomic mass is 9.99. The van der Waals surface area contributed by atoms with Gasteiger partial charge < -0.3 is 24.4 Å². The van der Waals surface area contributed by atoms with Crippen molar-refractivity contribution in [2.24, 2.45) is 10.9 Å². The molecule has 6 heteroatoms. The molecule has 6 nitrogen and oxygen atoms in total. The zero-order valence-corrected chi connectivity index (χ0v) is 15.5. The average molecular weight is 347 g/mol. The first-order valence-corrected chi connectivity index (χ1v) is 9.02. The van der Waals surface area contributed by atoms with E-state index in [-0.39, 0.29) is 0 Å². The molecule has 0 saturated heterocycles. The van der Waals surface area contributed by atoms with Crippen molar-refractivity contribution in [1.29, 1.82) is 0 Å². The second-order valence-electron chi connectivity index (χ2n) is 6.64. The zero-order valence-electron chi connectivity index (χ0n) is 15.5. The second kappa shape index (κ2) is 8.43. The number of hydrogen-bond donors (Lipinski definition) is 1. The number of ether oxygens (including phenoxy) is 3. The SMILES string of the molecule is CN=C(NCCOCC1CC1)N1CCc2cc(OC)c(OC)cc2C1. The van der Waals surface area contributed by atoms with E-state index in [9.17, 15) is 0 Å². The van der Waals surface area contributed by atoms with Gasteiger partial charge in [-0.15, -0.1) is 0 Å². The van der Waals surface area contributed by atoms with Gasteiger partial charge in [-0.25, -0.2) is 0 Å². The lowest BCUT2D eigenvalue weighted by Gasteiger charge is -2.32. The van der Waals surface area contributed by atoms with Gasteiger partial charge in [-0.1, -0.05) is 0 Å². The molecule has 1 aromatic carbocycles. The Hall–Kier alpha value is -1.95. The van der Waals surface area contributed by atoms with E-state index >= 15 is 0 Å². The van der Waals surface area contributed by atoms with Crippen molar-refractivity contribution < 1.29 is 14.2 Å². The molecule has 2 aliphatic rings. The van der Waals surface area contributed by atoms with Gasteiger partial charge in [-0.3, -0.25) is 4.99 Å². The highest BCUT2D eigenvalue weighted by Gasteiger charge is 2.22. The maximum Gasteiger partial charge on any atom is 0.194 e. The number of nitrogens with zero attached hydrogens (tertiary/aromatic N) is 2. The topological polar surface area (TPSA) is 55.3 Å². The van der Waals surface area contributed by atoms with Crippen LogP contribution in [0.4, 0.5) is 0 Å². The van der Waals surface area contributed by atoms with Gasteiger partial charge in [-0.05, 0) is 48.4 Å². The van der Waals surface area contributed by atoms with Crippen molar-refractivity contribution in [3.8, 4) is 11.5 Å². The Kier molecular flexibility index (Phi) is 6.02. The fraction of sp³-hybridized carbons (Fsp3) is 0.632. The number of nitrogens with one attached hydrogen (secondary N) is 1. The first kappa shape index (κ1) is 17.9. The highest BCUT2D eigenvalue weighted by Crippen LogP contribution is 2.33. The Morgan fingerprint density at radius 3 is 2.56 bits per heavy atom. The summed E-state index contributed by atoms with van der Waals surface area (Å²) in [6, 6.07) is 4.17. The largest absolute Gasteiger partial charge is 0.493 e. The number of guanidine groups is 1. The summed E-state index contributed by atoms with van der Waals surface area (Å²) in [6.45, 7) is 4.17. The van der Waals surface area contributed by atoms with Crippen molar-refractivity contribution in [1.82, 2.24) is 10.2 Å². The van der Waals surface area contributed by atoms with Crippen molar-refractivity contribution in [2.45, 2.75) is 25.8 Å². The minimum atomic E-state index is 0.727. The number of hydrogen-bond acceptors (Lipinski definition) is 4. The second-order valence-corrected chi connectivity index (χ2v) is 6.64. The molecule has 1 aliphatic heterocycles. The third kappa shape index (κ3) is 4.57. The molecule has 0 atom stereocenters. The maximum atomic E-state index is 5.69. The molecule has 1 saturated carbocycles. The Bertz CT molecular complexity index is 614. The standard InChI is InChI=1S/C19H29N3O3/c1-20-19(21-7-9-25-13-14-4-5-14)22-8-6-15-10-17(23-2)18(24-3)11-16(15)12-22/h10-11,14H,4-9,12-13H2,1-3H3,(H,20,21). The van der Waals surface area contributed by atoms with Crippen LogP contribution in [-0.2, 0) is 17.7 Å². The maximum absolute atomic E-state index is 5.69. The molecule has 0 bridgehead atoms. The molecule has 1 fully saturated rings. The number of aliphatic imine (C=N–C) groups is 1. The van der Waals surface area contributed by atoms with Crippen LogP contribution < -0.4 is 14.8 Å². The van der Waals surface area contributed by atoms with Crippen molar-refractivity contribution >= 4 is 5.96 Å². The van der Waals surface area contributed by atoms with Crippen molar-refractivity contribution in [3.63, 3.8) is 0 Å².